The highest BCUT2D eigenvalue weighted by molar-refractivity contribution is 5.75. The summed E-state index contributed by atoms with van der Waals surface area (Å²) in [7, 11) is 0. The predicted molar refractivity (Wildman–Crippen MR) is 69.5 cm³/mol. The summed E-state index contributed by atoms with van der Waals surface area (Å²) in [5.74, 6) is -0.0487. The van der Waals surface area contributed by atoms with Crippen LogP contribution in [0, 0.1) is 0 Å². The van der Waals surface area contributed by atoms with Crippen molar-refractivity contribution in [1.29, 1.82) is 0 Å². The minimum absolute atomic E-state index is 0.0487. The lowest BCUT2D eigenvalue weighted by Crippen LogP contribution is -2.33. The molecule has 0 atom stereocenters. The highest BCUT2D eigenvalue weighted by atomic mass is 16.5. The zero-order valence-corrected chi connectivity index (χ0v) is 11.0. The number of hydrogen-bond donors (Lipinski definition) is 2. The monoisotopic (exact) mass is 267 g/mol. The van der Waals surface area contributed by atoms with E-state index in [9.17, 15) is 4.79 Å². The molecular formula is C12H21N5O2. The van der Waals surface area contributed by atoms with Crippen molar-refractivity contribution in [1.82, 2.24) is 25.4 Å². The molecule has 2 heterocycles. The molecule has 106 valence electrons. The first-order chi connectivity index (χ1) is 9.34. The van der Waals surface area contributed by atoms with Crippen molar-refractivity contribution >= 4 is 5.91 Å². The van der Waals surface area contributed by atoms with Crippen LogP contribution in [0.15, 0.2) is 12.7 Å². The van der Waals surface area contributed by atoms with E-state index in [-0.39, 0.29) is 12.5 Å². The van der Waals surface area contributed by atoms with Crippen LogP contribution in [-0.4, -0.2) is 53.0 Å². The summed E-state index contributed by atoms with van der Waals surface area (Å²) in [6.45, 7) is 3.64. The van der Waals surface area contributed by atoms with Gasteiger partial charge in [-0.1, -0.05) is 0 Å². The van der Waals surface area contributed by atoms with Gasteiger partial charge in [0.1, 0.15) is 19.2 Å². The van der Waals surface area contributed by atoms with Crippen LogP contribution in [0.25, 0.3) is 0 Å². The zero-order valence-electron chi connectivity index (χ0n) is 11.0. The molecule has 7 nitrogen and oxygen atoms in total. The van der Waals surface area contributed by atoms with Gasteiger partial charge in [-0.15, -0.1) is 0 Å². The molecule has 0 spiro atoms. The molecule has 1 saturated heterocycles. The summed E-state index contributed by atoms with van der Waals surface area (Å²) in [5.41, 5.74) is 0. The van der Waals surface area contributed by atoms with Crippen LogP contribution in [0.2, 0.25) is 0 Å². The van der Waals surface area contributed by atoms with Crippen molar-refractivity contribution in [3.8, 4) is 0 Å². The maximum atomic E-state index is 11.5. The molecule has 0 saturated carbocycles. The third kappa shape index (κ3) is 5.35. The van der Waals surface area contributed by atoms with Crippen LogP contribution >= 0.6 is 0 Å². The Kier molecular flexibility index (Phi) is 5.77. The summed E-state index contributed by atoms with van der Waals surface area (Å²) in [6.07, 6.45) is 6.33. The molecule has 1 aromatic rings. The molecule has 0 aromatic carbocycles. The standard InChI is InChI=1S/C12H21N5O2/c18-12(8-17-10-14-9-16-17)15-4-1-7-19-11-2-5-13-6-3-11/h9-11,13H,1-8H2,(H,15,18). The van der Waals surface area contributed by atoms with Crippen LogP contribution in [0.4, 0.5) is 0 Å². The molecular weight excluding hydrogens is 246 g/mol. The van der Waals surface area contributed by atoms with Crippen LogP contribution in [0.5, 0.6) is 0 Å². The molecule has 7 heteroatoms. The van der Waals surface area contributed by atoms with Crippen molar-refractivity contribution in [2.24, 2.45) is 0 Å². The lowest BCUT2D eigenvalue weighted by Gasteiger charge is -2.22. The lowest BCUT2D eigenvalue weighted by atomic mass is 10.1. The fraction of sp³-hybridized carbons (Fsp3) is 0.750. The van der Waals surface area contributed by atoms with Gasteiger partial charge in [0.2, 0.25) is 5.91 Å². The number of hydrogen-bond acceptors (Lipinski definition) is 5. The summed E-state index contributed by atoms with van der Waals surface area (Å²) >= 11 is 0. The smallest absolute Gasteiger partial charge is 0.241 e. The Balaban J connectivity index is 1.48. The second-order valence-corrected chi connectivity index (χ2v) is 4.62. The summed E-state index contributed by atoms with van der Waals surface area (Å²) in [5, 5.41) is 10.0. The minimum Gasteiger partial charge on any atom is -0.378 e. The number of nitrogens with one attached hydrogen (secondary N) is 2. The Bertz CT molecular complexity index is 362. The molecule has 2 rings (SSSR count). The minimum atomic E-state index is -0.0487. The Morgan fingerprint density at radius 1 is 1.47 bits per heavy atom. The average Bonchev–Trinajstić information content (AvgIpc) is 2.92. The van der Waals surface area contributed by atoms with E-state index >= 15 is 0 Å². The third-order valence-corrected chi connectivity index (χ3v) is 3.06. The van der Waals surface area contributed by atoms with E-state index in [1.165, 1.54) is 17.3 Å². The van der Waals surface area contributed by atoms with Gasteiger partial charge in [-0.25, -0.2) is 9.67 Å². The van der Waals surface area contributed by atoms with Gasteiger partial charge >= 0.3 is 0 Å². The second-order valence-electron chi connectivity index (χ2n) is 4.62. The normalized spacial score (nSPS) is 16.4. The number of piperidine rings is 1. The van der Waals surface area contributed by atoms with Gasteiger partial charge in [-0.3, -0.25) is 4.79 Å². The first kappa shape index (κ1) is 14.0. The van der Waals surface area contributed by atoms with Gasteiger partial charge in [-0.05, 0) is 32.4 Å². The van der Waals surface area contributed by atoms with Gasteiger partial charge in [0, 0.05) is 13.2 Å². The number of nitrogens with zero attached hydrogens (tertiary/aromatic N) is 3. The molecule has 0 unspecified atom stereocenters. The molecule has 1 fully saturated rings. The van der Waals surface area contributed by atoms with Crippen LogP contribution < -0.4 is 10.6 Å². The molecule has 0 aliphatic carbocycles. The van der Waals surface area contributed by atoms with E-state index in [1.807, 2.05) is 0 Å². The van der Waals surface area contributed by atoms with Crippen molar-refractivity contribution < 1.29 is 9.53 Å². The number of aromatic nitrogens is 3. The van der Waals surface area contributed by atoms with Crippen molar-refractivity contribution in [2.75, 3.05) is 26.2 Å². The van der Waals surface area contributed by atoms with E-state index in [1.54, 1.807) is 0 Å². The molecule has 0 bridgehead atoms. The maximum Gasteiger partial charge on any atom is 0.241 e. The van der Waals surface area contributed by atoms with E-state index in [0.717, 1.165) is 32.4 Å². The highest BCUT2D eigenvalue weighted by Crippen LogP contribution is 2.06. The average molecular weight is 267 g/mol. The molecule has 2 N–H and O–H groups in total. The van der Waals surface area contributed by atoms with E-state index < -0.39 is 0 Å². The number of carbonyl (C=O) groups is 1. The summed E-state index contributed by atoms with van der Waals surface area (Å²) in [4.78, 5) is 15.3. The molecule has 1 aliphatic rings. The van der Waals surface area contributed by atoms with Gasteiger partial charge in [0.15, 0.2) is 0 Å². The van der Waals surface area contributed by atoms with E-state index in [4.69, 9.17) is 4.74 Å². The Morgan fingerprint density at radius 2 is 2.32 bits per heavy atom. The molecule has 0 radical (unpaired) electrons. The van der Waals surface area contributed by atoms with Gasteiger partial charge in [-0.2, -0.15) is 5.10 Å². The largest absolute Gasteiger partial charge is 0.378 e. The number of rotatable bonds is 7. The molecule has 19 heavy (non-hydrogen) atoms. The van der Waals surface area contributed by atoms with Crippen molar-refractivity contribution in [3.63, 3.8) is 0 Å². The Hall–Kier alpha value is -1.47. The number of carbonyl (C=O) groups excluding carboxylic acids is 1. The van der Waals surface area contributed by atoms with Crippen LogP contribution in [-0.2, 0) is 16.1 Å². The maximum absolute atomic E-state index is 11.5. The lowest BCUT2D eigenvalue weighted by molar-refractivity contribution is -0.121. The SMILES string of the molecule is O=C(Cn1cncn1)NCCCOC1CCNCC1. The number of amides is 1. The van der Waals surface area contributed by atoms with Crippen molar-refractivity contribution in [2.45, 2.75) is 31.9 Å². The Labute approximate surface area is 112 Å². The van der Waals surface area contributed by atoms with Gasteiger partial charge in [0.05, 0.1) is 6.10 Å². The van der Waals surface area contributed by atoms with E-state index in [0.29, 0.717) is 19.3 Å². The third-order valence-electron chi connectivity index (χ3n) is 3.06. The highest BCUT2D eigenvalue weighted by Gasteiger charge is 2.12. The summed E-state index contributed by atoms with van der Waals surface area (Å²) in [6, 6.07) is 0. The zero-order chi connectivity index (χ0) is 13.3. The van der Waals surface area contributed by atoms with Gasteiger partial charge in [0.25, 0.3) is 0 Å². The molecule has 1 amide bonds. The topological polar surface area (TPSA) is 81.1 Å². The quantitative estimate of drug-likeness (QED) is 0.654. The van der Waals surface area contributed by atoms with Crippen LogP contribution in [0.1, 0.15) is 19.3 Å². The fourth-order valence-electron chi connectivity index (χ4n) is 2.03. The van der Waals surface area contributed by atoms with Crippen LogP contribution in [0.3, 0.4) is 0 Å². The predicted octanol–water partition coefficient (Wildman–Crippen LogP) is -0.447. The summed E-state index contributed by atoms with van der Waals surface area (Å²) < 4.78 is 7.25. The second kappa shape index (κ2) is 7.85. The first-order valence-corrected chi connectivity index (χ1v) is 6.76. The van der Waals surface area contributed by atoms with Gasteiger partial charge < -0.3 is 15.4 Å². The molecule has 1 aliphatic heterocycles. The fourth-order valence-corrected chi connectivity index (χ4v) is 2.03. The Morgan fingerprint density at radius 3 is 3.05 bits per heavy atom. The first-order valence-electron chi connectivity index (χ1n) is 6.76. The molecule has 1 aromatic heterocycles. The van der Waals surface area contributed by atoms with E-state index in [2.05, 4.69) is 20.7 Å². The number of ether oxygens (including phenoxy) is 1. The van der Waals surface area contributed by atoms with Crippen molar-refractivity contribution in [3.05, 3.63) is 12.7 Å².